The summed E-state index contributed by atoms with van der Waals surface area (Å²) in [6, 6.07) is 13.6. The lowest BCUT2D eigenvalue weighted by Gasteiger charge is -2.24. The molecule has 0 aliphatic carbocycles. The van der Waals surface area contributed by atoms with Crippen LogP contribution in [0.25, 0.3) is 17.0 Å². The van der Waals surface area contributed by atoms with Gasteiger partial charge >= 0.3 is 6.18 Å². The van der Waals surface area contributed by atoms with Crippen molar-refractivity contribution in [3.8, 4) is 11.5 Å². The summed E-state index contributed by atoms with van der Waals surface area (Å²) >= 11 is 6.13. The molecule has 5 nitrogen and oxygen atoms in total. The van der Waals surface area contributed by atoms with E-state index in [4.69, 9.17) is 16.0 Å². The molecule has 1 amide bonds. The van der Waals surface area contributed by atoms with Crippen LogP contribution in [0, 0.1) is 0 Å². The molecular formula is C22H19ClF3N3O2. The Morgan fingerprint density at radius 3 is 2.35 bits per heavy atom. The van der Waals surface area contributed by atoms with Crippen molar-refractivity contribution >= 4 is 23.1 Å². The van der Waals surface area contributed by atoms with E-state index < -0.39 is 23.7 Å². The molecule has 0 aliphatic rings. The van der Waals surface area contributed by atoms with Gasteiger partial charge in [-0.25, -0.2) is 0 Å². The molecule has 0 N–H and O–H groups in total. The molecule has 3 aromatic rings. The first-order chi connectivity index (χ1) is 14.7. The van der Waals surface area contributed by atoms with Crippen molar-refractivity contribution < 1.29 is 22.4 Å². The number of nitrogens with zero attached hydrogens (tertiary/aromatic N) is 3. The van der Waals surface area contributed by atoms with Crippen molar-refractivity contribution in [2.75, 3.05) is 0 Å². The molecule has 2 aromatic carbocycles. The lowest BCUT2D eigenvalue weighted by molar-refractivity contribution is -0.129. The molecule has 31 heavy (non-hydrogen) atoms. The summed E-state index contributed by atoms with van der Waals surface area (Å²) in [7, 11) is 0. The highest BCUT2D eigenvalue weighted by Crippen LogP contribution is 2.34. The van der Waals surface area contributed by atoms with Gasteiger partial charge in [-0.1, -0.05) is 54.1 Å². The van der Waals surface area contributed by atoms with Gasteiger partial charge in [-0.15, -0.1) is 10.2 Å². The number of hydrogen-bond donors (Lipinski definition) is 0. The molecule has 162 valence electrons. The highest BCUT2D eigenvalue weighted by Gasteiger charge is 2.36. The first-order valence-electron chi connectivity index (χ1n) is 9.39. The average Bonchev–Trinajstić information content (AvgIpc) is 3.18. The Labute approximate surface area is 182 Å². The highest BCUT2D eigenvalue weighted by molar-refractivity contribution is 6.33. The zero-order valence-electron chi connectivity index (χ0n) is 16.7. The number of aromatic nitrogens is 2. The Kier molecular flexibility index (Phi) is 6.80. The van der Waals surface area contributed by atoms with Gasteiger partial charge in [-0.05, 0) is 31.5 Å². The molecule has 0 spiro atoms. The van der Waals surface area contributed by atoms with Crippen molar-refractivity contribution in [2.45, 2.75) is 32.6 Å². The van der Waals surface area contributed by atoms with Gasteiger partial charge in [0.25, 0.3) is 0 Å². The van der Waals surface area contributed by atoms with E-state index in [1.54, 1.807) is 44.2 Å². The molecular weight excluding hydrogens is 431 g/mol. The number of hydrogen-bond acceptors (Lipinski definition) is 4. The molecule has 0 aliphatic heterocycles. The van der Waals surface area contributed by atoms with Crippen molar-refractivity contribution in [1.82, 2.24) is 15.1 Å². The number of carbonyl (C=O) groups is 1. The minimum absolute atomic E-state index is 0.0821. The second-order valence-corrected chi connectivity index (χ2v) is 7.37. The van der Waals surface area contributed by atoms with Crippen LogP contribution in [-0.4, -0.2) is 33.2 Å². The summed E-state index contributed by atoms with van der Waals surface area (Å²) < 4.78 is 46.4. The summed E-state index contributed by atoms with van der Waals surface area (Å²) in [5, 5.41) is 8.26. The van der Waals surface area contributed by atoms with Crippen LogP contribution in [0.3, 0.4) is 0 Å². The van der Waals surface area contributed by atoms with Gasteiger partial charge in [0.1, 0.15) is 0 Å². The summed E-state index contributed by atoms with van der Waals surface area (Å²) in [4.78, 5) is 14.0. The maximum atomic E-state index is 13.6. The van der Waals surface area contributed by atoms with Crippen molar-refractivity contribution in [3.63, 3.8) is 0 Å². The SMILES string of the molecule is CC(C)N(Cc1nnc(-c2ccccc2Cl)o1)C(=O)/C=C(/c1ccccc1)C(F)(F)F. The Bertz CT molecular complexity index is 1080. The third kappa shape index (κ3) is 5.52. The Morgan fingerprint density at radius 2 is 1.74 bits per heavy atom. The van der Waals surface area contributed by atoms with Gasteiger partial charge < -0.3 is 9.32 Å². The third-order valence-electron chi connectivity index (χ3n) is 4.44. The fourth-order valence-corrected chi connectivity index (χ4v) is 3.09. The van der Waals surface area contributed by atoms with Gasteiger partial charge in [0.15, 0.2) is 0 Å². The molecule has 0 radical (unpaired) electrons. The standard InChI is InChI=1S/C22H19ClF3N3O2/c1-14(2)29(13-19-27-28-21(31-19)16-10-6-7-11-18(16)23)20(30)12-17(22(24,25)26)15-8-4-3-5-9-15/h3-12,14H,13H2,1-2H3/b17-12-. The maximum Gasteiger partial charge on any atom is 0.417 e. The second-order valence-electron chi connectivity index (χ2n) is 6.96. The fraction of sp³-hybridized carbons (Fsp3) is 0.227. The lowest BCUT2D eigenvalue weighted by atomic mass is 10.0. The van der Waals surface area contributed by atoms with E-state index in [1.165, 1.54) is 29.2 Å². The van der Waals surface area contributed by atoms with Gasteiger partial charge in [-0.2, -0.15) is 13.2 Å². The minimum Gasteiger partial charge on any atom is -0.419 e. The molecule has 0 unspecified atom stereocenters. The highest BCUT2D eigenvalue weighted by atomic mass is 35.5. The van der Waals surface area contributed by atoms with Crippen LogP contribution in [0.4, 0.5) is 13.2 Å². The minimum atomic E-state index is -4.69. The van der Waals surface area contributed by atoms with Crippen LogP contribution in [0.15, 0.2) is 65.1 Å². The van der Waals surface area contributed by atoms with Crippen molar-refractivity contribution in [2.24, 2.45) is 0 Å². The van der Waals surface area contributed by atoms with Crippen LogP contribution in [0.2, 0.25) is 5.02 Å². The normalized spacial score (nSPS) is 12.3. The predicted molar refractivity (Wildman–Crippen MR) is 111 cm³/mol. The number of allylic oxidation sites excluding steroid dienone is 1. The van der Waals surface area contributed by atoms with Crippen molar-refractivity contribution in [3.05, 3.63) is 77.2 Å². The Morgan fingerprint density at radius 1 is 1.10 bits per heavy atom. The third-order valence-corrected chi connectivity index (χ3v) is 4.77. The van der Waals surface area contributed by atoms with E-state index in [1.807, 2.05) is 0 Å². The molecule has 0 saturated carbocycles. The van der Waals surface area contributed by atoms with Crippen LogP contribution >= 0.6 is 11.6 Å². The number of alkyl halides is 3. The van der Waals surface area contributed by atoms with Gasteiger partial charge in [0.2, 0.25) is 17.7 Å². The van der Waals surface area contributed by atoms with E-state index in [0.717, 1.165) is 0 Å². The number of halogens is 4. The summed E-state index contributed by atoms with van der Waals surface area (Å²) in [5.74, 6) is -0.574. The number of benzene rings is 2. The Balaban J connectivity index is 1.88. The molecule has 0 atom stereocenters. The van der Waals surface area contributed by atoms with E-state index in [-0.39, 0.29) is 23.9 Å². The maximum absolute atomic E-state index is 13.6. The molecule has 3 rings (SSSR count). The van der Waals surface area contributed by atoms with Crippen LogP contribution in [-0.2, 0) is 11.3 Å². The van der Waals surface area contributed by atoms with Crippen molar-refractivity contribution in [1.29, 1.82) is 0 Å². The van der Waals surface area contributed by atoms with E-state index >= 15 is 0 Å². The molecule has 9 heteroatoms. The van der Waals surface area contributed by atoms with E-state index in [9.17, 15) is 18.0 Å². The predicted octanol–water partition coefficient (Wildman–Crippen LogP) is 5.77. The first kappa shape index (κ1) is 22.6. The summed E-state index contributed by atoms with van der Waals surface area (Å²) in [6.07, 6.45) is -4.10. The number of carbonyl (C=O) groups excluding carboxylic acids is 1. The molecule has 1 aromatic heterocycles. The molecule has 1 heterocycles. The monoisotopic (exact) mass is 449 g/mol. The van der Waals surface area contributed by atoms with Crippen LogP contribution in [0.1, 0.15) is 25.3 Å². The zero-order chi connectivity index (χ0) is 22.6. The van der Waals surface area contributed by atoms with Crippen LogP contribution < -0.4 is 0 Å². The molecule has 0 saturated heterocycles. The van der Waals surface area contributed by atoms with Gasteiger partial charge in [-0.3, -0.25) is 4.79 Å². The second kappa shape index (κ2) is 9.34. The Hall–Kier alpha value is -3.13. The summed E-state index contributed by atoms with van der Waals surface area (Å²) in [6.45, 7) is 3.23. The summed E-state index contributed by atoms with van der Waals surface area (Å²) in [5.41, 5.74) is -0.592. The molecule has 0 bridgehead atoms. The van der Waals surface area contributed by atoms with E-state index in [2.05, 4.69) is 10.2 Å². The molecule has 0 fully saturated rings. The van der Waals surface area contributed by atoms with Crippen LogP contribution in [0.5, 0.6) is 0 Å². The smallest absolute Gasteiger partial charge is 0.417 e. The fourth-order valence-electron chi connectivity index (χ4n) is 2.87. The largest absolute Gasteiger partial charge is 0.419 e. The first-order valence-corrected chi connectivity index (χ1v) is 9.77. The number of amides is 1. The zero-order valence-corrected chi connectivity index (χ0v) is 17.5. The average molecular weight is 450 g/mol. The topological polar surface area (TPSA) is 59.2 Å². The van der Waals surface area contributed by atoms with E-state index in [0.29, 0.717) is 16.7 Å². The lowest BCUT2D eigenvalue weighted by Crippen LogP contribution is -2.36. The van der Waals surface area contributed by atoms with Gasteiger partial charge in [0, 0.05) is 12.1 Å². The quantitative estimate of drug-likeness (QED) is 0.448. The van der Waals surface area contributed by atoms with Gasteiger partial charge in [0.05, 0.1) is 22.7 Å². The number of rotatable bonds is 6.